The molecule has 62 valence electrons. The van der Waals surface area contributed by atoms with E-state index in [0.717, 1.165) is 6.26 Å². The summed E-state index contributed by atoms with van der Waals surface area (Å²) in [6.45, 7) is 2.30. The Bertz CT molecular complexity index is 178. The first-order valence-corrected chi connectivity index (χ1v) is 5.39. The normalized spacial score (nSPS) is 15.1. The fraction of sp³-hybridized carbons (Fsp3) is 1.00. The van der Waals surface area contributed by atoms with Gasteiger partial charge in [-0.25, -0.2) is 13.1 Å². The second-order valence-corrected chi connectivity index (χ2v) is 4.52. The summed E-state index contributed by atoms with van der Waals surface area (Å²) in [7, 11) is -3.04. The van der Waals surface area contributed by atoms with Crippen molar-refractivity contribution in [1.82, 2.24) is 4.72 Å². The van der Waals surface area contributed by atoms with Gasteiger partial charge in [0, 0.05) is 12.4 Å². The molecule has 0 aliphatic carbocycles. The van der Waals surface area contributed by atoms with Gasteiger partial charge < -0.3 is 0 Å². The summed E-state index contributed by atoms with van der Waals surface area (Å²) < 4.78 is 23.4. The van der Waals surface area contributed by atoms with Crippen molar-refractivity contribution < 1.29 is 8.42 Å². The molecule has 0 bridgehead atoms. The Balaban J connectivity index is 3.56. The van der Waals surface area contributed by atoms with E-state index < -0.39 is 10.0 Å². The summed E-state index contributed by atoms with van der Waals surface area (Å²) in [5.41, 5.74) is 0. The van der Waals surface area contributed by atoms with Crippen LogP contribution in [0.1, 0.15) is 6.92 Å². The summed E-state index contributed by atoms with van der Waals surface area (Å²) in [6.07, 6.45) is 1.13. The standard InChI is InChI=1S/C5H12ClNO2S/c1-5(3-6)4-7-10(2,8)9/h5,7H,3-4H2,1-2H3. The summed E-state index contributed by atoms with van der Waals surface area (Å²) in [5.74, 6) is 0.666. The Morgan fingerprint density at radius 2 is 2.10 bits per heavy atom. The molecule has 10 heavy (non-hydrogen) atoms. The van der Waals surface area contributed by atoms with Crippen molar-refractivity contribution in [2.75, 3.05) is 18.7 Å². The zero-order chi connectivity index (χ0) is 8.20. The Hall–Kier alpha value is 0.200. The van der Waals surface area contributed by atoms with Gasteiger partial charge in [-0.15, -0.1) is 11.6 Å². The van der Waals surface area contributed by atoms with Crippen LogP contribution in [-0.2, 0) is 10.0 Å². The summed E-state index contributed by atoms with van der Waals surface area (Å²) in [5, 5.41) is 0. The van der Waals surface area contributed by atoms with Crippen LogP contribution >= 0.6 is 11.6 Å². The van der Waals surface area contributed by atoms with Crippen LogP contribution in [0.4, 0.5) is 0 Å². The third-order valence-electron chi connectivity index (χ3n) is 0.957. The van der Waals surface area contributed by atoms with Gasteiger partial charge in [-0.2, -0.15) is 0 Å². The van der Waals surface area contributed by atoms with E-state index in [0.29, 0.717) is 12.4 Å². The van der Waals surface area contributed by atoms with Crippen molar-refractivity contribution >= 4 is 21.6 Å². The van der Waals surface area contributed by atoms with E-state index in [1.807, 2.05) is 6.92 Å². The van der Waals surface area contributed by atoms with E-state index in [-0.39, 0.29) is 5.92 Å². The molecule has 1 unspecified atom stereocenters. The minimum absolute atomic E-state index is 0.191. The minimum atomic E-state index is -3.04. The number of nitrogens with one attached hydrogen (secondary N) is 1. The molecule has 5 heteroatoms. The molecule has 0 spiro atoms. The predicted molar refractivity (Wildman–Crippen MR) is 42.7 cm³/mol. The minimum Gasteiger partial charge on any atom is -0.215 e. The first-order chi connectivity index (χ1) is 4.45. The van der Waals surface area contributed by atoms with Crippen molar-refractivity contribution in [2.45, 2.75) is 6.92 Å². The number of hydrogen-bond acceptors (Lipinski definition) is 2. The van der Waals surface area contributed by atoms with E-state index in [9.17, 15) is 8.42 Å². The van der Waals surface area contributed by atoms with E-state index in [2.05, 4.69) is 4.72 Å². The molecule has 0 rings (SSSR count). The third-order valence-corrected chi connectivity index (χ3v) is 2.18. The first kappa shape index (κ1) is 10.2. The second kappa shape index (κ2) is 4.16. The van der Waals surface area contributed by atoms with Gasteiger partial charge in [0.1, 0.15) is 0 Å². The summed E-state index contributed by atoms with van der Waals surface area (Å²) >= 11 is 5.45. The van der Waals surface area contributed by atoms with Gasteiger partial charge in [-0.1, -0.05) is 6.92 Å². The first-order valence-electron chi connectivity index (χ1n) is 2.96. The topological polar surface area (TPSA) is 46.2 Å². The average molecular weight is 186 g/mol. The molecule has 0 heterocycles. The number of sulfonamides is 1. The zero-order valence-corrected chi connectivity index (χ0v) is 7.67. The number of hydrogen-bond donors (Lipinski definition) is 1. The third kappa shape index (κ3) is 6.32. The molecule has 0 saturated heterocycles. The van der Waals surface area contributed by atoms with Crippen LogP contribution in [0.3, 0.4) is 0 Å². The van der Waals surface area contributed by atoms with E-state index in [4.69, 9.17) is 11.6 Å². The molecule has 3 nitrogen and oxygen atoms in total. The highest BCUT2D eigenvalue weighted by molar-refractivity contribution is 7.88. The molecular formula is C5H12ClNO2S. The maximum Gasteiger partial charge on any atom is 0.208 e. The lowest BCUT2D eigenvalue weighted by Gasteiger charge is -2.06. The Morgan fingerprint density at radius 1 is 1.60 bits per heavy atom. The van der Waals surface area contributed by atoms with Crippen LogP contribution < -0.4 is 4.72 Å². The van der Waals surface area contributed by atoms with Gasteiger partial charge in [0.05, 0.1) is 6.26 Å². The molecule has 0 fully saturated rings. The highest BCUT2D eigenvalue weighted by Gasteiger charge is 2.03. The molecule has 0 amide bonds. The molecule has 0 aromatic heterocycles. The summed E-state index contributed by atoms with van der Waals surface area (Å²) in [6, 6.07) is 0. The van der Waals surface area contributed by atoms with Crippen LogP contribution in [0.15, 0.2) is 0 Å². The van der Waals surface area contributed by atoms with Crippen LogP contribution in [0.25, 0.3) is 0 Å². The van der Waals surface area contributed by atoms with Crippen LogP contribution in [-0.4, -0.2) is 27.1 Å². The maximum absolute atomic E-state index is 10.5. The highest BCUT2D eigenvalue weighted by atomic mass is 35.5. The molecule has 1 N–H and O–H groups in total. The molecule has 1 atom stereocenters. The molecular weight excluding hydrogens is 174 g/mol. The largest absolute Gasteiger partial charge is 0.215 e. The molecule has 0 saturated carbocycles. The van der Waals surface area contributed by atoms with Crippen molar-refractivity contribution in [3.63, 3.8) is 0 Å². The van der Waals surface area contributed by atoms with Gasteiger partial charge in [0.25, 0.3) is 0 Å². The molecule has 0 aromatic carbocycles. The monoisotopic (exact) mass is 185 g/mol. The van der Waals surface area contributed by atoms with Gasteiger partial charge in [0.15, 0.2) is 0 Å². The lowest BCUT2D eigenvalue weighted by atomic mass is 10.2. The predicted octanol–water partition coefficient (Wildman–Crippen LogP) is 0.411. The highest BCUT2D eigenvalue weighted by Crippen LogP contribution is 1.95. The average Bonchev–Trinajstić information content (AvgIpc) is 1.81. The van der Waals surface area contributed by atoms with Gasteiger partial charge >= 0.3 is 0 Å². The zero-order valence-electron chi connectivity index (χ0n) is 6.09. The van der Waals surface area contributed by atoms with Crippen LogP contribution in [0, 0.1) is 5.92 Å². The fourth-order valence-electron chi connectivity index (χ4n) is 0.348. The molecule has 0 aliphatic rings. The van der Waals surface area contributed by atoms with Crippen LogP contribution in [0.5, 0.6) is 0 Å². The van der Waals surface area contributed by atoms with Gasteiger partial charge in [-0.3, -0.25) is 0 Å². The number of alkyl halides is 1. The van der Waals surface area contributed by atoms with E-state index in [1.165, 1.54) is 0 Å². The Morgan fingerprint density at radius 3 is 2.40 bits per heavy atom. The number of rotatable bonds is 4. The fourth-order valence-corrected chi connectivity index (χ4v) is 1.04. The van der Waals surface area contributed by atoms with Crippen molar-refractivity contribution in [3.05, 3.63) is 0 Å². The van der Waals surface area contributed by atoms with Gasteiger partial charge in [-0.05, 0) is 5.92 Å². The summed E-state index contributed by atoms with van der Waals surface area (Å²) in [4.78, 5) is 0. The lowest BCUT2D eigenvalue weighted by Crippen LogP contribution is -2.27. The SMILES string of the molecule is CC(CCl)CNS(C)(=O)=O. The molecule has 0 radical (unpaired) electrons. The van der Waals surface area contributed by atoms with E-state index >= 15 is 0 Å². The Labute approximate surface area is 66.8 Å². The molecule has 0 aliphatic heterocycles. The smallest absolute Gasteiger partial charge is 0.208 e. The van der Waals surface area contributed by atoms with E-state index in [1.54, 1.807) is 0 Å². The maximum atomic E-state index is 10.5. The van der Waals surface area contributed by atoms with Crippen molar-refractivity contribution in [1.29, 1.82) is 0 Å². The van der Waals surface area contributed by atoms with Crippen molar-refractivity contribution in [2.24, 2.45) is 5.92 Å². The van der Waals surface area contributed by atoms with Crippen molar-refractivity contribution in [3.8, 4) is 0 Å². The quantitative estimate of drug-likeness (QED) is 0.645. The van der Waals surface area contributed by atoms with Crippen LogP contribution in [0.2, 0.25) is 0 Å². The van der Waals surface area contributed by atoms with Gasteiger partial charge in [0.2, 0.25) is 10.0 Å². The molecule has 0 aromatic rings. The lowest BCUT2D eigenvalue weighted by molar-refractivity contribution is 0.567. The number of halogens is 1. The Kier molecular flexibility index (Phi) is 4.24. The second-order valence-electron chi connectivity index (χ2n) is 2.38.